The number of rotatable bonds is 5. The van der Waals surface area contributed by atoms with Gasteiger partial charge in [-0.05, 0) is 86.3 Å². The highest BCUT2D eigenvalue weighted by Crippen LogP contribution is 2.40. The molecule has 0 N–H and O–H groups in total. The van der Waals surface area contributed by atoms with Crippen LogP contribution in [-0.2, 0) is 6.42 Å². The highest BCUT2D eigenvalue weighted by molar-refractivity contribution is 5.34. The van der Waals surface area contributed by atoms with Crippen LogP contribution in [0.3, 0.4) is 0 Å². The van der Waals surface area contributed by atoms with Gasteiger partial charge >= 0.3 is 0 Å². The Kier molecular flexibility index (Phi) is 5.47. The van der Waals surface area contributed by atoms with E-state index in [0.29, 0.717) is 11.8 Å². The summed E-state index contributed by atoms with van der Waals surface area (Å²) in [6.07, 6.45) is 8.38. The molecular weight excluding hydrogens is 309 g/mol. The second-order valence-electron chi connectivity index (χ2n) is 7.19. The Morgan fingerprint density at radius 3 is 2.56 bits per heavy atom. The van der Waals surface area contributed by atoms with E-state index in [1.165, 1.54) is 22.3 Å². The van der Waals surface area contributed by atoms with Gasteiger partial charge in [-0.25, -0.2) is 4.39 Å². The molecule has 0 bridgehead atoms. The number of allylic oxidation sites excluding steroid dienone is 3. The van der Waals surface area contributed by atoms with Gasteiger partial charge in [-0.3, -0.25) is 4.98 Å². The number of benzene rings is 1. The second-order valence-corrected chi connectivity index (χ2v) is 7.19. The predicted molar refractivity (Wildman–Crippen MR) is 102 cm³/mol. The first-order chi connectivity index (χ1) is 12.0. The highest BCUT2D eigenvalue weighted by Gasteiger charge is 2.26. The maximum atomic E-state index is 13.3. The average Bonchev–Trinajstić information content (AvgIpc) is 2.96. The number of aryl methyl sites for hydroxylation is 1. The van der Waals surface area contributed by atoms with E-state index in [4.69, 9.17) is 0 Å². The van der Waals surface area contributed by atoms with Gasteiger partial charge < -0.3 is 0 Å². The van der Waals surface area contributed by atoms with Crippen LogP contribution in [-0.4, -0.2) is 4.98 Å². The van der Waals surface area contributed by atoms with Gasteiger partial charge in [0.2, 0.25) is 0 Å². The van der Waals surface area contributed by atoms with Gasteiger partial charge in [0.25, 0.3) is 0 Å². The summed E-state index contributed by atoms with van der Waals surface area (Å²) in [6, 6.07) is 11.2. The highest BCUT2D eigenvalue weighted by atomic mass is 19.1. The molecule has 3 rings (SSSR count). The summed E-state index contributed by atoms with van der Waals surface area (Å²) >= 11 is 0. The molecule has 1 aliphatic carbocycles. The first-order valence-electron chi connectivity index (χ1n) is 9.05. The van der Waals surface area contributed by atoms with Crippen LogP contribution >= 0.6 is 0 Å². The van der Waals surface area contributed by atoms with Crippen molar-refractivity contribution in [2.24, 2.45) is 5.92 Å². The van der Waals surface area contributed by atoms with Gasteiger partial charge in [-0.15, -0.1) is 0 Å². The van der Waals surface area contributed by atoms with Crippen LogP contribution in [0.25, 0.3) is 0 Å². The molecule has 1 aromatic carbocycles. The fourth-order valence-corrected chi connectivity index (χ4v) is 3.87. The van der Waals surface area contributed by atoms with Gasteiger partial charge in [0.05, 0.1) is 0 Å². The fraction of sp³-hybridized carbons (Fsp3) is 0.348. The van der Waals surface area contributed by atoms with Crippen molar-refractivity contribution in [3.8, 4) is 0 Å². The quantitative estimate of drug-likeness (QED) is 0.638. The van der Waals surface area contributed by atoms with Crippen molar-refractivity contribution in [2.45, 2.75) is 45.4 Å². The minimum Gasteiger partial charge on any atom is -0.261 e. The Bertz CT molecular complexity index is 756. The lowest BCUT2D eigenvalue weighted by Crippen LogP contribution is -2.09. The molecule has 130 valence electrons. The van der Waals surface area contributed by atoms with Crippen molar-refractivity contribution >= 4 is 0 Å². The minimum absolute atomic E-state index is 0.176. The van der Waals surface area contributed by atoms with Crippen LogP contribution in [0.1, 0.15) is 48.9 Å². The Labute approximate surface area is 150 Å². The molecular formula is C23H26FN. The van der Waals surface area contributed by atoms with Gasteiger partial charge in [0, 0.05) is 11.9 Å². The maximum Gasteiger partial charge on any atom is 0.123 e. The van der Waals surface area contributed by atoms with Crippen molar-refractivity contribution in [2.75, 3.05) is 0 Å². The van der Waals surface area contributed by atoms with Crippen molar-refractivity contribution < 1.29 is 4.39 Å². The monoisotopic (exact) mass is 335 g/mol. The van der Waals surface area contributed by atoms with Crippen molar-refractivity contribution in [1.82, 2.24) is 4.98 Å². The van der Waals surface area contributed by atoms with Crippen molar-refractivity contribution in [3.63, 3.8) is 0 Å². The Hall–Kier alpha value is -2.22. The third-order valence-electron chi connectivity index (χ3n) is 5.26. The molecule has 1 heterocycles. The molecule has 1 aromatic heterocycles. The van der Waals surface area contributed by atoms with E-state index in [2.05, 4.69) is 36.7 Å². The normalized spacial score (nSPS) is 20.2. The molecule has 0 aliphatic heterocycles. The van der Waals surface area contributed by atoms with Crippen LogP contribution in [0.15, 0.2) is 66.4 Å². The third kappa shape index (κ3) is 4.45. The van der Waals surface area contributed by atoms with Crippen LogP contribution in [0.4, 0.5) is 4.39 Å². The van der Waals surface area contributed by atoms with Crippen LogP contribution in [0, 0.1) is 18.7 Å². The largest absolute Gasteiger partial charge is 0.261 e. The van der Waals surface area contributed by atoms with Crippen LogP contribution in [0.5, 0.6) is 0 Å². The van der Waals surface area contributed by atoms with Gasteiger partial charge in [-0.1, -0.05) is 36.4 Å². The lowest BCUT2D eigenvalue weighted by molar-refractivity contribution is 0.455. The zero-order chi connectivity index (χ0) is 17.8. The molecule has 2 unspecified atom stereocenters. The molecule has 25 heavy (non-hydrogen) atoms. The summed E-state index contributed by atoms with van der Waals surface area (Å²) in [5.74, 6) is 0.816. The van der Waals surface area contributed by atoms with E-state index in [-0.39, 0.29) is 5.82 Å². The summed E-state index contributed by atoms with van der Waals surface area (Å²) in [4.78, 5) is 4.43. The van der Waals surface area contributed by atoms with E-state index >= 15 is 0 Å². The summed E-state index contributed by atoms with van der Waals surface area (Å²) in [5, 5.41) is 0. The number of halogens is 1. The van der Waals surface area contributed by atoms with Crippen molar-refractivity contribution in [3.05, 3.63) is 89.0 Å². The molecule has 2 heteroatoms. The second kappa shape index (κ2) is 7.77. The van der Waals surface area contributed by atoms with Gasteiger partial charge in [-0.2, -0.15) is 0 Å². The zero-order valence-corrected chi connectivity index (χ0v) is 15.1. The van der Waals surface area contributed by atoms with E-state index in [1.54, 1.807) is 12.1 Å². The van der Waals surface area contributed by atoms with E-state index in [1.807, 2.05) is 25.3 Å². The van der Waals surface area contributed by atoms with Gasteiger partial charge in [0.1, 0.15) is 5.82 Å². The number of pyridine rings is 1. The standard InChI is InChI=1S/C23H26FN/c1-4-20-13-19(11-16(20)2)14-22(21-7-9-23(24)10-8-21)12-18-6-5-17(3)25-15-18/h4-10,15,19,22H,2,11-14H2,1,3H3/b20-4-. The topological polar surface area (TPSA) is 12.9 Å². The molecule has 2 atom stereocenters. The molecule has 0 amide bonds. The third-order valence-corrected chi connectivity index (χ3v) is 5.26. The van der Waals surface area contributed by atoms with E-state index in [9.17, 15) is 4.39 Å². The number of hydrogen-bond donors (Lipinski definition) is 0. The molecule has 1 fully saturated rings. The Morgan fingerprint density at radius 1 is 1.20 bits per heavy atom. The first-order valence-corrected chi connectivity index (χ1v) is 9.05. The summed E-state index contributed by atoms with van der Waals surface area (Å²) in [6.45, 7) is 8.31. The lowest BCUT2D eigenvalue weighted by atomic mass is 9.84. The molecule has 0 saturated heterocycles. The predicted octanol–water partition coefficient (Wildman–Crippen LogP) is 6.16. The van der Waals surface area contributed by atoms with E-state index < -0.39 is 0 Å². The lowest BCUT2D eigenvalue weighted by Gasteiger charge is -2.21. The van der Waals surface area contributed by atoms with Gasteiger partial charge in [0.15, 0.2) is 0 Å². The molecule has 1 saturated carbocycles. The van der Waals surface area contributed by atoms with Crippen LogP contribution in [0.2, 0.25) is 0 Å². The molecule has 1 nitrogen and oxygen atoms in total. The summed E-state index contributed by atoms with van der Waals surface area (Å²) in [7, 11) is 0. The zero-order valence-electron chi connectivity index (χ0n) is 15.1. The fourth-order valence-electron chi connectivity index (χ4n) is 3.87. The van der Waals surface area contributed by atoms with E-state index in [0.717, 1.165) is 31.4 Å². The van der Waals surface area contributed by atoms with Crippen LogP contribution < -0.4 is 0 Å². The number of hydrogen-bond acceptors (Lipinski definition) is 1. The Morgan fingerprint density at radius 2 is 1.96 bits per heavy atom. The minimum atomic E-state index is -0.176. The summed E-state index contributed by atoms with van der Waals surface area (Å²) < 4.78 is 13.3. The number of nitrogens with zero attached hydrogens (tertiary/aromatic N) is 1. The maximum absolute atomic E-state index is 13.3. The molecule has 0 radical (unpaired) electrons. The first kappa shape index (κ1) is 17.6. The van der Waals surface area contributed by atoms with Crippen molar-refractivity contribution in [1.29, 1.82) is 0 Å². The SMILES string of the molecule is C=C1CC(CC(Cc2ccc(C)nc2)c2ccc(F)cc2)C/C1=C/C. The summed E-state index contributed by atoms with van der Waals surface area (Å²) in [5.41, 5.74) is 6.17. The average molecular weight is 335 g/mol. The Balaban J connectivity index is 1.80. The molecule has 1 aliphatic rings. The smallest absolute Gasteiger partial charge is 0.123 e. The molecule has 0 spiro atoms. The molecule has 2 aromatic rings. The number of aromatic nitrogens is 1.